The summed E-state index contributed by atoms with van der Waals surface area (Å²) in [4.78, 5) is 28.1. The first-order chi connectivity index (χ1) is 18.9. The van der Waals surface area contributed by atoms with Crippen LogP contribution in [0.2, 0.25) is 0 Å². The van der Waals surface area contributed by atoms with Crippen LogP contribution in [0, 0.1) is 11.7 Å². The number of nitrogens with one attached hydrogen (secondary N) is 2. The fraction of sp³-hybridized carbons (Fsp3) is 0.345. The predicted octanol–water partition coefficient (Wildman–Crippen LogP) is 3.71. The van der Waals surface area contributed by atoms with Gasteiger partial charge < -0.3 is 25.3 Å². The number of H-pyrrole nitrogens is 1. The lowest BCUT2D eigenvalue weighted by atomic mass is 10.0. The normalized spacial score (nSPS) is 17.5. The van der Waals surface area contributed by atoms with Crippen molar-refractivity contribution in [3.63, 3.8) is 0 Å². The number of rotatable bonds is 8. The van der Waals surface area contributed by atoms with Gasteiger partial charge in [0.05, 0.1) is 18.1 Å². The Morgan fingerprint density at radius 1 is 1.21 bits per heavy atom. The van der Waals surface area contributed by atoms with Crippen molar-refractivity contribution in [3.8, 4) is 16.9 Å². The lowest BCUT2D eigenvalue weighted by Crippen LogP contribution is -2.24. The molecule has 2 aromatic heterocycles. The van der Waals surface area contributed by atoms with Gasteiger partial charge in [0.25, 0.3) is 11.5 Å². The first-order valence-electron chi connectivity index (χ1n) is 13.2. The number of halogens is 1. The number of nitrogens with zero attached hydrogens (tertiary/aromatic N) is 3. The summed E-state index contributed by atoms with van der Waals surface area (Å²) in [7, 11) is 1.44. The van der Waals surface area contributed by atoms with Gasteiger partial charge in [-0.25, -0.2) is 9.49 Å². The maximum atomic E-state index is 13.7. The Bertz CT molecular complexity index is 1590. The Kier molecular flexibility index (Phi) is 6.56. The molecule has 1 amide bonds. The zero-order chi connectivity index (χ0) is 27.1. The van der Waals surface area contributed by atoms with Crippen LogP contribution in [0.5, 0.6) is 5.75 Å². The fourth-order valence-corrected chi connectivity index (χ4v) is 5.55. The van der Waals surface area contributed by atoms with Crippen LogP contribution in [0.4, 0.5) is 10.2 Å². The van der Waals surface area contributed by atoms with Crippen molar-refractivity contribution < 1.29 is 13.9 Å². The van der Waals surface area contributed by atoms with Crippen LogP contribution in [0.25, 0.3) is 22.0 Å². The molecule has 3 heterocycles. The number of carbonyl (C=O) groups is 1. The molecule has 39 heavy (non-hydrogen) atoms. The first-order valence-corrected chi connectivity index (χ1v) is 13.2. The second-order valence-electron chi connectivity index (χ2n) is 10.5. The van der Waals surface area contributed by atoms with Crippen LogP contribution in [-0.4, -0.2) is 52.3 Å². The number of aromatic nitrogens is 3. The minimum Gasteiger partial charge on any atom is -0.496 e. The van der Waals surface area contributed by atoms with E-state index in [9.17, 15) is 14.0 Å². The van der Waals surface area contributed by atoms with Crippen molar-refractivity contribution in [1.82, 2.24) is 25.0 Å². The lowest BCUT2D eigenvalue weighted by Gasteiger charge is -2.17. The molecule has 1 aliphatic heterocycles. The number of hydrogen-bond acceptors (Lipinski definition) is 6. The molecule has 1 saturated heterocycles. The van der Waals surface area contributed by atoms with Crippen LogP contribution in [0.1, 0.15) is 41.2 Å². The number of ether oxygens (including phenoxy) is 1. The molecule has 0 spiro atoms. The van der Waals surface area contributed by atoms with Gasteiger partial charge in [0.15, 0.2) is 5.82 Å². The summed E-state index contributed by atoms with van der Waals surface area (Å²) in [6.07, 6.45) is 5.64. The van der Waals surface area contributed by atoms with Gasteiger partial charge in [0.1, 0.15) is 17.1 Å². The number of methoxy groups -OCH3 is 1. The predicted molar refractivity (Wildman–Crippen MR) is 147 cm³/mol. The highest BCUT2D eigenvalue weighted by atomic mass is 19.1. The van der Waals surface area contributed by atoms with Crippen molar-refractivity contribution >= 4 is 22.6 Å². The van der Waals surface area contributed by atoms with Crippen molar-refractivity contribution in [2.45, 2.75) is 31.8 Å². The molecule has 10 heteroatoms. The molecule has 6 rings (SSSR count). The van der Waals surface area contributed by atoms with Gasteiger partial charge in [0.2, 0.25) is 0 Å². The molecule has 4 aromatic rings. The Balaban J connectivity index is 1.24. The largest absolute Gasteiger partial charge is 0.496 e. The third kappa shape index (κ3) is 4.99. The smallest absolute Gasteiger partial charge is 0.288 e. The first kappa shape index (κ1) is 25.1. The summed E-state index contributed by atoms with van der Waals surface area (Å²) in [5.74, 6) is 0.476. The van der Waals surface area contributed by atoms with Gasteiger partial charge in [-0.1, -0.05) is 24.3 Å². The van der Waals surface area contributed by atoms with Gasteiger partial charge in [0, 0.05) is 44.0 Å². The average Bonchev–Trinajstić information content (AvgIpc) is 3.47. The lowest BCUT2D eigenvalue weighted by molar-refractivity contribution is 0.0947. The van der Waals surface area contributed by atoms with E-state index >= 15 is 0 Å². The second-order valence-corrected chi connectivity index (χ2v) is 10.5. The number of aromatic amines is 1. The maximum Gasteiger partial charge on any atom is 0.288 e. The van der Waals surface area contributed by atoms with E-state index < -0.39 is 11.7 Å². The highest BCUT2D eigenvalue weighted by Crippen LogP contribution is 2.37. The zero-order valence-corrected chi connectivity index (χ0v) is 21.7. The van der Waals surface area contributed by atoms with E-state index in [2.05, 4.69) is 25.0 Å². The van der Waals surface area contributed by atoms with Crippen molar-refractivity contribution in [1.29, 1.82) is 0 Å². The Labute approximate surface area is 224 Å². The van der Waals surface area contributed by atoms with Gasteiger partial charge >= 0.3 is 0 Å². The van der Waals surface area contributed by atoms with Crippen LogP contribution in [0.15, 0.2) is 53.5 Å². The Morgan fingerprint density at radius 2 is 2.00 bits per heavy atom. The summed E-state index contributed by atoms with van der Waals surface area (Å²) in [6, 6.07) is 11.7. The number of benzene rings is 2. The SMILES string of the molecule is COc1ccc(F)cc1C(=O)NCc1ccc(-c2cn([C@@H]3CCN(CC4CC4)C3)c3c(=O)[nH]nc(N)c23)cc1. The molecule has 1 saturated carbocycles. The molecule has 1 aliphatic carbocycles. The van der Waals surface area contributed by atoms with Crippen molar-refractivity contribution in [2.24, 2.45) is 5.92 Å². The number of hydrogen-bond donors (Lipinski definition) is 3. The molecule has 2 aliphatic rings. The van der Waals surface area contributed by atoms with E-state index in [1.54, 1.807) is 0 Å². The number of carbonyl (C=O) groups excluding carboxylic acids is 1. The third-order valence-corrected chi connectivity index (χ3v) is 7.76. The van der Waals surface area contributed by atoms with Gasteiger partial charge in [-0.05, 0) is 54.5 Å². The molecule has 202 valence electrons. The molecule has 9 nitrogen and oxygen atoms in total. The molecule has 0 unspecified atom stereocenters. The number of nitrogen functional groups attached to an aromatic ring is 1. The molecular weight excluding hydrogens is 499 g/mol. The summed E-state index contributed by atoms with van der Waals surface area (Å²) in [6.45, 7) is 3.32. The van der Waals surface area contributed by atoms with Crippen LogP contribution >= 0.6 is 0 Å². The van der Waals surface area contributed by atoms with Crippen molar-refractivity contribution in [2.75, 3.05) is 32.5 Å². The van der Waals surface area contributed by atoms with E-state index in [0.717, 1.165) is 54.7 Å². The van der Waals surface area contributed by atoms with Gasteiger partial charge in [-0.15, -0.1) is 0 Å². The van der Waals surface area contributed by atoms with Crippen LogP contribution in [-0.2, 0) is 6.54 Å². The number of anilines is 1. The monoisotopic (exact) mass is 530 g/mol. The molecule has 2 aromatic carbocycles. The quantitative estimate of drug-likeness (QED) is 0.320. The average molecular weight is 531 g/mol. The number of fused-ring (bicyclic) bond motifs is 1. The number of likely N-dealkylation sites (tertiary alicyclic amines) is 1. The Hall–Kier alpha value is -4.18. The number of nitrogens with two attached hydrogens (primary N) is 1. The molecular formula is C29H31FN6O3. The highest BCUT2D eigenvalue weighted by Gasteiger charge is 2.31. The minimum atomic E-state index is -0.509. The van der Waals surface area contributed by atoms with E-state index in [4.69, 9.17) is 10.5 Å². The fourth-order valence-electron chi connectivity index (χ4n) is 5.55. The van der Waals surface area contributed by atoms with Crippen LogP contribution in [0.3, 0.4) is 0 Å². The topological polar surface area (TPSA) is 118 Å². The maximum absolute atomic E-state index is 13.7. The zero-order valence-electron chi connectivity index (χ0n) is 21.7. The van der Waals surface area contributed by atoms with Crippen LogP contribution < -0.4 is 21.3 Å². The van der Waals surface area contributed by atoms with E-state index in [1.807, 2.05) is 30.5 Å². The molecule has 4 N–H and O–H groups in total. The van der Waals surface area contributed by atoms with Crippen molar-refractivity contribution in [3.05, 3.63) is 76.0 Å². The van der Waals surface area contributed by atoms with E-state index in [-0.39, 0.29) is 29.5 Å². The number of amides is 1. The van der Waals surface area contributed by atoms with Gasteiger partial charge in [-0.3, -0.25) is 9.59 Å². The third-order valence-electron chi connectivity index (χ3n) is 7.76. The summed E-state index contributed by atoms with van der Waals surface area (Å²) in [5, 5.41) is 10.1. The summed E-state index contributed by atoms with van der Waals surface area (Å²) in [5.41, 5.74) is 9.33. The highest BCUT2D eigenvalue weighted by molar-refractivity contribution is 6.02. The van der Waals surface area contributed by atoms with E-state index in [1.165, 1.54) is 32.1 Å². The molecule has 2 fully saturated rings. The standard InChI is InChI=1S/C29H31FN6O3/c1-39-24-9-8-20(30)12-22(24)28(37)32-13-17-4-6-19(7-5-17)23-16-36(26-25(23)27(31)33-34-29(26)38)21-10-11-35(15-21)14-18-2-3-18/h4-9,12,16,18,21H,2-3,10-11,13-15H2,1H3,(H2,31,33)(H,32,37)(H,34,38)/t21-/m1/s1. The molecule has 1 atom stereocenters. The molecule has 0 bridgehead atoms. The Morgan fingerprint density at radius 3 is 2.74 bits per heavy atom. The van der Waals surface area contributed by atoms with Gasteiger partial charge in [-0.2, -0.15) is 5.10 Å². The minimum absolute atomic E-state index is 0.137. The second kappa shape index (κ2) is 10.2. The van der Waals surface area contributed by atoms with E-state index in [0.29, 0.717) is 16.7 Å². The molecule has 0 radical (unpaired) electrons. The summed E-state index contributed by atoms with van der Waals surface area (Å²) >= 11 is 0. The summed E-state index contributed by atoms with van der Waals surface area (Å²) < 4.78 is 20.9.